The second kappa shape index (κ2) is 8.22. The van der Waals surface area contributed by atoms with E-state index in [0.717, 1.165) is 59.7 Å². The Morgan fingerprint density at radius 3 is 2.74 bits per heavy atom. The fourth-order valence-corrected chi connectivity index (χ4v) is 4.10. The van der Waals surface area contributed by atoms with E-state index in [9.17, 15) is 0 Å². The maximum atomic E-state index is 5.75. The zero-order valence-electron chi connectivity index (χ0n) is 15.3. The molecule has 7 nitrogen and oxygen atoms in total. The van der Waals surface area contributed by atoms with Crippen LogP contribution in [-0.4, -0.2) is 52.0 Å². The summed E-state index contributed by atoms with van der Waals surface area (Å²) >= 11 is 3.54. The van der Waals surface area contributed by atoms with Crippen LogP contribution in [0, 0.1) is 0 Å². The molecule has 0 aliphatic carbocycles. The zero-order chi connectivity index (χ0) is 18.6. The Kier molecular flexibility index (Phi) is 5.54. The van der Waals surface area contributed by atoms with Crippen molar-refractivity contribution in [3.8, 4) is 5.75 Å². The minimum absolute atomic E-state index is 0.510. The number of piperidine rings is 1. The molecule has 27 heavy (non-hydrogen) atoms. The molecule has 2 aromatic heterocycles. The van der Waals surface area contributed by atoms with Gasteiger partial charge in [0.25, 0.3) is 0 Å². The third-order valence-electron chi connectivity index (χ3n) is 4.90. The molecule has 0 radical (unpaired) electrons. The standard InChI is InChI=1S/C19H23BrN6O/c1-25-18-16(17(20)24-25)19(23-13-22-18)26-10-7-14(8-11-26)21-9-12-27-15-5-3-2-4-6-15/h2-6,13-14,21H,7-12H2,1H3. The van der Waals surface area contributed by atoms with Crippen LogP contribution in [0.4, 0.5) is 5.82 Å². The number of nitrogens with one attached hydrogen (secondary N) is 1. The van der Waals surface area contributed by atoms with Crippen LogP contribution in [0.15, 0.2) is 41.3 Å². The molecular formula is C19H23BrN6O. The van der Waals surface area contributed by atoms with Gasteiger partial charge in [-0.3, -0.25) is 0 Å². The number of nitrogens with zero attached hydrogens (tertiary/aromatic N) is 5. The normalized spacial score (nSPS) is 15.4. The van der Waals surface area contributed by atoms with E-state index in [4.69, 9.17) is 4.74 Å². The van der Waals surface area contributed by atoms with Crippen LogP contribution in [0.5, 0.6) is 5.75 Å². The molecule has 3 aromatic rings. The van der Waals surface area contributed by atoms with E-state index in [0.29, 0.717) is 12.6 Å². The van der Waals surface area contributed by atoms with Gasteiger partial charge in [0, 0.05) is 32.7 Å². The average Bonchev–Trinajstić information content (AvgIpc) is 3.01. The van der Waals surface area contributed by atoms with Crippen molar-refractivity contribution in [2.24, 2.45) is 7.05 Å². The summed E-state index contributed by atoms with van der Waals surface area (Å²) in [6.45, 7) is 3.46. The number of hydrogen-bond acceptors (Lipinski definition) is 6. The van der Waals surface area contributed by atoms with Gasteiger partial charge in [0.2, 0.25) is 0 Å². The summed E-state index contributed by atoms with van der Waals surface area (Å²) in [7, 11) is 1.90. The molecule has 3 heterocycles. The molecule has 142 valence electrons. The quantitative estimate of drug-likeness (QED) is 0.606. The Hall–Kier alpha value is -2.19. The van der Waals surface area contributed by atoms with Crippen molar-refractivity contribution < 1.29 is 4.74 Å². The molecule has 0 spiro atoms. The molecule has 1 fully saturated rings. The van der Waals surface area contributed by atoms with Crippen molar-refractivity contribution in [2.75, 3.05) is 31.1 Å². The molecule has 1 N–H and O–H groups in total. The van der Waals surface area contributed by atoms with E-state index >= 15 is 0 Å². The van der Waals surface area contributed by atoms with Gasteiger partial charge in [0.1, 0.15) is 29.1 Å². The Balaban J connectivity index is 1.29. The minimum atomic E-state index is 0.510. The third-order valence-corrected chi connectivity index (χ3v) is 5.45. The molecule has 0 unspecified atom stereocenters. The van der Waals surface area contributed by atoms with E-state index in [2.05, 4.69) is 41.2 Å². The summed E-state index contributed by atoms with van der Waals surface area (Å²) in [4.78, 5) is 11.2. The maximum Gasteiger partial charge on any atom is 0.164 e. The number of fused-ring (bicyclic) bond motifs is 1. The van der Waals surface area contributed by atoms with E-state index in [1.165, 1.54) is 0 Å². The highest BCUT2D eigenvalue weighted by Gasteiger charge is 2.23. The summed E-state index contributed by atoms with van der Waals surface area (Å²) in [6, 6.07) is 10.4. The largest absolute Gasteiger partial charge is 0.492 e. The number of benzene rings is 1. The summed E-state index contributed by atoms with van der Waals surface area (Å²) in [5.41, 5.74) is 0.852. The van der Waals surface area contributed by atoms with Crippen molar-refractivity contribution >= 4 is 32.8 Å². The van der Waals surface area contributed by atoms with Gasteiger partial charge in [0.05, 0.1) is 5.39 Å². The van der Waals surface area contributed by atoms with Gasteiger partial charge in [0.15, 0.2) is 5.65 Å². The van der Waals surface area contributed by atoms with E-state index < -0.39 is 0 Å². The van der Waals surface area contributed by atoms with Crippen molar-refractivity contribution in [2.45, 2.75) is 18.9 Å². The molecule has 0 saturated carbocycles. The Bertz CT molecular complexity index is 892. The number of ether oxygens (including phenoxy) is 1. The van der Waals surface area contributed by atoms with Crippen molar-refractivity contribution in [1.29, 1.82) is 0 Å². The lowest BCUT2D eigenvalue weighted by molar-refractivity contribution is 0.296. The van der Waals surface area contributed by atoms with Gasteiger partial charge in [-0.25, -0.2) is 14.6 Å². The van der Waals surface area contributed by atoms with Gasteiger partial charge in [-0.1, -0.05) is 18.2 Å². The van der Waals surface area contributed by atoms with Crippen LogP contribution in [-0.2, 0) is 7.05 Å². The molecule has 1 aromatic carbocycles. The fourth-order valence-electron chi connectivity index (χ4n) is 3.51. The van der Waals surface area contributed by atoms with Gasteiger partial charge in [-0.2, -0.15) is 5.10 Å². The van der Waals surface area contributed by atoms with Crippen LogP contribution in [0.25, 0.3) is 11.0 Å². The molecule has 8 heteroatoms. The molecule has 1 saturated heterocycles. The summed E-state index contributed by atoms with van der Waals surface area (Å²) < 4.78 is 8.33. The second-order valence-electron chi connectivity index (χ2n) is 6.69. The number of aromatic nitrogens is 4. The van der Waals surface area contributed by atoms with Gasteiger partial charge in [-0.15, -0.1) is 0 Å². The highest BCUT2D eigenvalue weighted by molar-refractivity contribution is 9.10. The highest BCUT2D eigenvalue weighted by Crippen LogP contribution is 2.30. The first-order valence-corrected chi connectivity index (χ1v) is 10.0. The first-order chi connectivity index (χ1) is 13.2. The summed E-state index contributed by atoms with van der Waals surface area (Å²) in [5, 5.41) is 9.01. The molecule has 1 aliphatic heterocycles. The van der Waals surface area contributed by atoms with Crippen LogP contribution in [0.2, 0.25) is 0 Å². The highest BCUT2D eigenvalue weighted by atomic mass is 79.9. The Labute approximate surface area is 166 Å². The zero-order valence-corrected chi connectivity index (χ0v) is 16.9. The van der Waals surface area contributed by atoms with E-state index in [1.54, 1.807) is 11.0 Å². The number of anilines is 1. The maximum absolute atomic E-state index is 5.75. The number of halogens is 1. The number of para-hydroxylation sites is 1. The van der Waals surface area contributed by atoms with E-state index in [1.807, 2.05) is 37.4 Å². The van der Waals surface area contributed by atoms with Crippen molar-refractivity contribution in [3.05, 3.63) is 41.3 Å². The SMILES string of the molecule is Cn1nc(Br)c2c(N3CCC(NCCOc4ccccc4)CC3)ncnc21. The molecule has 4 rings (SSSR count). The number of rotatable bonds is 6. The monoisotopic (exact) mass is 430 g/mol. The van der Waals surface area contributed by atoms with Gasteiger partial charge in [-0.05, 0) is 40.9 Å². The number of aryl methyl sites for hydroxylation is 1. The average molecular weight is 431 g/mol. The topological polar surface area (TPSA) is 68.1 Å². The van der Waals surface area contributed by atoms with Gasteiger partial charge < -0.3 is 15.0 Å². The van der Waals surface area contributed by atoms with Crippen LogP contribution in [0.3, 0.4) is 0 Å². The van der Waals surface area contributed by atoms with Crippen LogP contribution >= 0.6 is 15.9 Å². The Morgan fingerprint density at radius 1 is 1.19 bits per heavy atom. The predicted molar refractivity (Wildman–Crippen MR) is 109 cm³/mol. The van der Waals surface area contributed by atoms with Crippen molar-refractivity contribution in [3.63, 3.8) is 0 Å². The van der Waals surface area contributed by atoms with Gasteiger partial charge >= 0.3 is 0 Å². The summed E-state index contributed by atoms with van der Waals surface area (Å²) in [6.07, 6.45) is 3.78. The molecule has 0 amide bonds. The lowest BCUT2D eigenvalue weighted by atomic mass is 10.0. The lowest BCUT2D eigenvalue weighted by Crippen LogP contribution is -2.44. The first-order valence-electron chi connectivity index (χ1n) is 9.22. The Morgan fingerprint density at radius 2 is 1.96 bits per heavy atom. The fraction of sp³-hybridized carbons (Fsp3) is 0.421. The molecular weight excluding hydrogens is 408 g/mol. The van der Waals surface area contributed by atoms with Crippen LogP contribution in [0.1, 0.15) is 12.8 Å². The second-order valence-corrected chi connectivity index (χ2v) is 7.44. The van der Waals surface area contributed by atoms with E-state index in [-0.39, 0.29) is 0 Å². The minimum Gasteiger partial charge on any atom is -0.492 e. The molecule has 0 bridgehead atoms. The molecule has 1 aliphatic rings. The molecule has 0 atom stereocenters. The predicted octanol–water partition coefficient (Wildman–Crippen LogP) is 2.76. The summed E-state index contributed by atoms with van der Waals surface area (Å²) in [5.74, 6) is 1.88. The smallest absolute Gasteiger partial charge is 0.164 e. The first kappa shape index (κ1) is 18.2. The van der Waals surface area contributed by atoms with Crippen LogP contribution < -0.4 is 15.0 Å². The number of hydrogen-bond donors (Lipinski definition) is 1. The van der Waals surface area contributed by atoms with Crippen molar-refractivity contribution in [1.82, 2.24) is 25.1 Å². The third kappa shape index (κ3) is 4.06. The lowest BCUT2D eigenvalue weighted by Gasteiger charge is -2.33.